The zero-order chi connectivity index (χ0) is 18.5. The average molecular weight is 352 g/mol. The maximum absolute atomic E-state index is 12.2. The summed E-state index contributed by atoms with van der Waals surface area (Å²) in [6, 6.07) is 14.1. The normalized spacial score (nSPS) is 12.9. The van der Waals surface area contributed by atoms with Gasteiger partial charge in [0, 0.05) is 19.2 Å². The fourth-order valence-corrected chi connectivity index (χ4v) is 2.74. The number of benzene rings is 2. The Hall–Kier alpha value is -3.15. The molecule has 6 heteroatoms. The van der Waals surface area contributed by atoms with Gasteiger partial charge in [0.05, 0.1) is 17.7 Å². The van der Waals surface area contributed by atoms with Crippen LogP contribution >= 0.6 is 0 Å². The van der Waals surface area contributed by atoms with Crippen molar-refractivity contribution in [2.24, 2.45) is 0 Å². The van der Waals surface area contributed by atoms with E-state index in [1.165, 1.54) is 19.2 Å². The number of fused-ring (bicyclic) bond motifs is 1. The van der Waals surface area contributed by atoms with E-state index in [2.05, 4.69) is 5.32 Å². The molecule has 134 valence electrons. The maximum Gasteiger partial charge on any atom is 0.261 e. The summed E-state index contributed by atoms with van der Waals surface area (Å²) < 4.78 is 5.59. The molecular weight excluding hydrogens is 332 g/mol. The second-order valence-electron chi connectivity index (χ2n) is 6.05. The van der Waals surface area contributed by atoms with Crippen LogP contribution in [0.5, 0.6) is 5.75 Å². The highest BCUT2D eigenvalue weighted by Gasteiger charge is 2.33. The monoisotopic (exact) mass is 352 g/mol. The number of amides is 3. The number of hydrogen-bond donors (Lipinski definition) is 1. The molecule has 26 heavy (non-hydrogen) atoms. The highest BCUT2D eigenvalue weighted by atomic mass is 16.5. The minimum Gasteiger partial charge on any atom is -0.494 e. The lowest BCUT2D eigenvalue weighted by molar-refractivity contribution is 0.0693. The predicted octanol–water partition coefficient (Wildman–Crippen LogP) is 2.50. The van der Waals surface area contributed by atoms with Crippen molar-refractivity contribution in [3.8, 4) is 5.75 Å². The Morgan fingerprint density at radius 2 is 1.73 bits per heavy atom. The first-order valence-electron chi connectivity index (χ1n) is 8.50. The van der Waals surface area contributed by atoms with Gasteiger partial charge in [-0.25, -0.2) is 0 Å². The van der Waals surface area contributed by atoms with Crippen molar-refractivity contribution in [2.75, 3.05) is 20.2 Å². The van der Waals surface area contributed by atoms with Crippen molar-refractivity contribution in [3.63, 3.8) is 0 Å². The van der Waals surface area contributed by atoms with E-state index in [4.69, 9.17) is 4.74 Å². The van der Waals surface area contributed by atoms with Crippen molar-refractivity contribution in [3.05, 3.63) is 65.2 Å². The van der Waals surface area contributed by atoms with Crippen molar-refractivity contribution in [1.82, 2.24) is 10.2 Å². The molecule has 6 nitrogen and oxygen atoms in total. The van der Waals surface area contributed by atoms with Gasteiger partial charge in [-0.15, -0.1) is 0 Å². The van der Waals surface area contributed by atoms with Crippen LogP contribution in [0, 0.1) is 0 Å². The lowest BCUT2D eigenvalue weighted by Crippen LogP contribution is -2.25. The Morgan fingerprint density at radius 1 is 1.00 bits per heavy atom. The van der Waals surface area contributed by atoms with Crippen LogP contribution < -0.4 is 10.1 Å². The van der Waals surface area contributed by atoms with E-state index in [0.717, 1.165) is 23.5 Å². The second-order valence-corrected chi connectivity index (χ2v) is 6.05. The number of rotatable bonds is 7. The molecule has 0 aliphatic carbocycles. The number of unbranched alkanes of at least 4 members (excludes halogenated alkanes) is 1. The van der Waals surface area contributed by atoms with Crippen LogP contribution in [0.4, 0.5) is 0 Å². The molecular formula is C20H20N2O4. The molecule has 1 N–H and O–H groups in total. The minimum atomic E-state index is -0.377. The largest absolute Gasteiger partial charge is 0.494 e. The summed E-state index contributed by atoms with van der Waals surface area (Å²) in [6.45, 7) is 1.10. The van der Waals surface area contributed by atoms with Crippen LogP contribution in [0.3, 0.4) is 0 Å². The summed E-state index contributed by atoms with van der Waals surface area (Å²) in [7, 11) is 1.43. The third-order valence-electron chi connectivity index (χ3n) is 4.22. The topological polar surface area (TPSA) is 75.7 Å². The molecule has 1 aliphatic heterocycles. The first kappa shape index (κ1) is 17.7. The van der Waals surface area contributed by atoms with Crippen molar-refractivity contribution < 1.29 is 19.1 Å². The van der Waals surface area contributed by atoms with E-state index in [1.54, 1.807) is 6.07 Å². The van der Waals surface area contributed by atoms with Crippen LogP contribution in [0.2, 0.25) is 0 Å². The molecule has 3 rings (SSSR count). The summed E-state index contributed by atoms with van der Waals surface area (Å²) in [5.41, 5.74) is 0.995. The van der Waals surface area contributed by atoms with Gasteiger partial charge in [-0.1, -0.05) is 18.2 Å². The summed E-state index contributed by atoms with van der Waals surface area (Å²) in [5, 5.41) is 2.82. The molecule has 0 unspecified atom stereocenters. The Morgan fingerprint density at radius 3 is 2.50 bits per heavy atom. The van der Waals surface area contributed by atoms with E-state index in [1.807, 2.05) is 30.3 Å². The lowest BCUT2D eigenvalue weighted by atomic mass is 10.1. The van der Waals surface area contributed by atoms with Crippen LogP contribution in [0.15, 0.2) is 48.5 Å². The number of imide groups is 1. The molecule has 1 aliphatic rings. The van der Waals surface area contributed by atoms with Crippen molar-refractivity contribution in [1.29, 1.82) is 0 Å². The molecule has 3 amide bonds. The Bertz CT molecular complexity index is 833. The smallest absolute Gasteiger partial charge is 0.261 e. The number of nitrogens with zero attached hydrogens (tertiary/aromatic N) is 1. The van der Waals surface area contributed by atoms with Crippen LogP contribution in [0.25, 0.3) is 0 Å². The SMILES string of the molecule is CN1C(=O)c2ccc(C(=O)NCCCCOc3ccccc3)cc2C1=O. The Labute approximate surface area is 151 Å². The highest BCUT2D eigenvalue weighted by molar-refractivity contribution is 6.21. The molecule has 1 heterocycles. The molecule has 0 spiro atoms. The number of para-hydroxylation sites is 1. The number of carbonyl (C=O) groups excluding carboxylic acids is 3. The first-order valence-corrected chi connectivity index (χ1v) is 8.50. The molecule has 0 atom stereocenters. The lowest BCUT2D eigenvalue weighted by Gasteiger charge is -2.07. The zero-order valence-electron chi connectivity index (χ0n) is 14.5. The van der Waals surface area contributed by atoms with Gasteiger partial charge in [0.1, 0.15) is 5.75 Å². The minimum absolute atomic E-state index is 0.258. The number of hydrogen-bond acceptors (Lipinski definition) is 4. The van der Waals surface area contributed by atoms with Crippen molar-refractivity contribution >= 4 is 17.7 Å². The molecule has 2 aromatic carbocycles. The van der Waals surface area contributed by atoms with Gasteiger partial charge >= 0.3 is 0 Å². The van der Waals surface area contributed by atoms with Gasteiger partial charge in [-0.05, 0) is 43.2 Å². The number of ether oxygens (including phenoxy) is 1. The van der Waals surface area contributed by atoms with E-state index < -0.39 is 0 Å². The van der Waals surface area contributed by atoms with E-state index >= 15 is 0 Å². The van der Waals surface area contributed by atoms with E-state index in [9.17, 15) is 14.4 Å². The molecule has 0 fully saturated rings. The van der Waals surface area contributed by atoms with E-state index in [-0.39, 0.29) is 23.3 Å². The van der Waals surface area contributed by atoms with Crippen LogP contribution in [-0.2, 0) is 0 Å². The van der Waals surface area contributed by atoms with E-state index in [0.29, 0.717) is 24.3 Å². The second kappa shape index (κ2) is 7.82. The summed E-state index contributed by atoms with van der Waals surface area (Å²) >= 11 is 0. The van der Waals surface area contributed by atoms with Gasteiger partial charge in [0.25, 0.3) is 17.7 Å². The molecule has 2 aromatic rings. The fourth-order valence-electron chi connectivity index (χ4n) is 2.74. The van der Waals surface area contributed by atoms with Crippen molar-refractivity contribution in [2.45, 2.75) is 12.8 Å². The van der Waals surface area contributed by atoms with Gasteiger partial charge in [-0.3, -0.25) is 19.3 Å². The summed E-state index contributed by atoms with van der Waals surface area (Å²) in [5.74, 6) is -0.140. The quantitative estimate of drug-likeness (QED) is 0.614. The maximum atomic E-state index is 12.2. The van der Waals surface area contributed by atoms with Gasteiger partial charge < -0.3 is 10.1 Å². The summed E-state index contributed by atoms with van der Waals surface area (Å²) in [4.78, 5) is 37.1. The Balaban J connectivity index is 1.44. The molecule has 0 radical (unpaired) electrons. The third kappa shape index (κ3) is 3.74. The Kier molecular flexibility index (Phi) is 5.31. The molecule has 0 saturated heterocycles. The standard InChI is InChI=1S/C20H20N2O4/c1-22-19(24)16-10-9-14(13-17(16)20(22)25)18(23)21-11-5-6-12-26-15-7-3-2-4-8-15/h2-4,7-10,13H,5-6,11-12H2,1H3,(H,21,23). The number of carbonyl (C=O) groups is 3. The summed E-state index contributed by atoms with van der Waals surface area (Å²) in [6.07, 6.45) is 1.60. The predicted molar refractivity (Wildman–Crippen MR) is 96.4 cm³/mol. The average Bonchev–Trinajstić information content (AvgIpc) is 2.89. The van der Waals surface area contributed by atoms with Gasteiger partial charge in [-0.2, -0.15) is 0 Å². The molecule has 0 saturated carbocycles. The third-order valence-corrected chi connectivity index (χ3v) is 4.22. The molecule has 0 aromatic heterocycles. The molecule has 0 bridgehead atoms. The number of nitrogens with one attached hydrogen (secondary N) is 1. The highest BCUT2D eigenvalue weighted by Crippen LogP contribution is 2.22. The van der Waals surface area contributed by atoms with Gasteiger partial charge in [0.2, 0.25) is 0 Å². The first-order chi connectivity index (χ1) is 12.6. The van der Waals surface area contributed by atoms with Crippen LogP contribution in [0.1, 0.15) is 43.9 Å². The van der Waals surface area contributed by atoms with Crippen LogP contribution in [-0.4, -0.2) is 42.8 Å². The zero-order valence-corrected chi connectivity index (χ0v) is 14.5. The fraction of sp³-hybridized carbons (Fsp3) is 0.250. The van der Waals surface area contributed by atoms with Gasteiger partial charge in [0.15, 0.2) is 0 Å².